The Labute approximate surface area is 114 Å². The predicted octanol–water partition coefficient (Wildman–Crippen LogP) is 2.02. The highest BCUT2D eigenvalue weighted by molar-refractivity contribution is 5.83. The molecule has 1 atom stereocenters. The van der Waals surface area contributed by atoms with E-state index < -0.39 is 12.1 Å². The summed E-state index contributed by atoms with van der Waals surface area (Å²) in [6.45, 7) is 2.99. The Hall–Kier alpha value is -1.06. The van der Waals surface area contributed by atoms with E-state index in [1.807, 2.05) is 0 Å². The molecular weight excluding hydrogens is 242 g/mol. The van der Waals surface area contributed by atoms with Crippen LogP contribution in [0.15, 0.2) is 0 Å². The van der Waals surface area contributed by atoms with Crippen LogP contribution >= 0.6 is 0 Å². The summed E-state index contributed by atoms with van der Waals surface area (Å²) in [6.07, 6.45) is 6.76. The van der Waals surface area contributed by atoms with Crippen molar-refractivity contribution in [1.82, 2.24) is 5.32 Å². The first-order valence-electron chi connectivity index (χ1n) is 7.45. The number of carbonyl (C=O) groups is 2. The summed E-state index contributed by atoms with van der Waals surface area (Å²) in [5, 5.41) is 3.21. The van der Waals surface area contributed by atoms with Crippen molar-refractivity contribution in [2.24, 2.45) is 17.8 Å². The highest BCUT2D eigenvalue weighted by Gasteiger charge is 2.51. The molecule has 0 saturated heterocycles. The monoisotopic (exact) mass is 265 g/mol. The average molecular weight is 265 g/mol. The van der Waals surface area contributed by atoms with Gasteiger partial charge in [-0.2, -0.15) is 0 Å². The van der Waals surface area contributed by atoms with Crippen LogP contribution in [0.2, 0.25) is 0 Å². The van der Waals surface area contributed by atoms with Crippen molar-refractivity contribution in [3.63, 3.8) is 0 Å². The quantitative estimate of drug-likeness (QED) is 0.794. The fraction of sp³-hybridized carbons (Fsp3) is 0.867. The summed E-state index contributed by atoms with van der Waals surface area (Å²) in [4.78, 5) is 23.1. The first kappa shape index (κ1) is 12.9. The summed E-state index contributed by atoms with van der Waals surface area (Å²) in [7, 11) is 0. The number of amides is 1. The summed E-state index contributed by atoms with van der Waals surface area (Å²) < 4.78 is 4.97. The molecule has 0 aliphatic heterocycles. The van der Waals surface area contributed by atoms with Crippen LogP contribution in [0, 0.1) is 17.8 Å². The van der Waals surface area contributed by atoms with Crippen molar-refractivity contribution in [2.45, 2.75) is 64.0 Å². The molecule has 0 aromatic rings. The van der Waals surface area contributed by atoms with E-state index in [0.717, 1.165) is 37.0 Å². The van der Waals surface area contributed by atoms with Crippen LogP contribution in [-0.4, -0.2) is 23.5 Å². The van der Waals surface area contributed by atoms with Gasteiger partial charge in [-0.15, -0.1) is 0 Å². The van der Waals surface area contributed by atoms with Crippen LogP contribution in [-0.2, 0) is 14.3 Å². The van der Waals surface area contributed by atoms with Gasteiger partial charge in [-0.25, -0.2) is 0 Å². The van der Waals surface area contributed by atoms with Gasteiger partial charge in [0.15, 0.2) is 6.10 Å². The molecule has 4 bridgehead atoms. The molecule has 0 unspecified atom stereocenters. The third kappa shape index (κ3) is 2.49. The van der Waals surface area contributed by atoms with Gasteiger partial charge in [0, 0.05) is 12.5 Å². The van der Waals surface area contributed by atoms with Gasteiger partial charge in [0.2, 0.25) is 0 Å². The first-order valence-corrected chi connectivity index (χ1v) is 7.45. The normalized spacial score (nSPS) is 40.8. The lowest BCUT2D eigenvalue weighted by Crippen LogP contribution is -2.61. The Morgan fingerprint density at radius 2 is 1.58 bits per heavy atom. The summed E-state index contributed by atoms with van der Waals surface area (Å²) in [5.74, 6) is 1.88. The van der Waals surface area contributed by atoms with Crippen LogP contribution in [0.5, 0.6) is 0 Å². The summed E-state index contributed by atoms with van der Waals surface area (Å²) in [6, 6.07) is 0. The molecule has 4 rings (SSSR count). The smallest absolute Gasteiger partial charge is 0.303 e. The number of hydrogen-bond acceptors (Lipinski definition) is 3. The molecule has 106 valence electrons. The fourth-order valence-electron chi connectivity index (χ4n) is 4.93. The van der Waals surface area contributed by atoms with E-state index in [-0.39, 0.29) is 11.4 Å². The standard InChI is InChI=1S/C15H23NO3/c1-9(19-10(2)17)14(18)16-15-6-11-3-12(7-15)5-13(4-11)8-15/h9,11-13H,3-8H2,1-2H3,(H,16,18)/t9-,11?,12?,13?,15?/m0/s1. The lowest BCUT2D eigenvalue weighted by Gasteiger charge is -2.57. The van der Waals surface area contributed by atoms with E-state index in [2.05, 4.69) is 5.32 Å². The molecule has 1 N–H and O–H groups in total. The van der Waals surface area contributed by atoms with E-state index in [9.17, 15) is 9.59 Å². The lowest BCUT2D eigenvalue weighted by molar-refractivity contribution is -0.154. The SMILES string of the molecule is CC(=O)O[C@@H](C)C(=O)NC12CC3CC(CC(C3)C1)C2. The summed E-state index contributed by atoms with van der Waals surface area (Å²) >= 11 is 0. The molecule has 4 aliphatic rings. The van der Waals surface area contributed by atoms with Gasteiger partial charge < -0.3 is 10.1 Å². The Bertz CT molecular complexity index is 369. The Balaban J connectivity index is 1.66. The van der Waals surface area contributed by atoms with Crippen molar-refractivity contribution in [1.29, 1.82) is 0 Å². The van der Waals surface area contributed by atoms with Crippen molar-refractivity contribution in [3.05, 3.63) is 0 Å². The molecule has 0 aromatic carbocycles. The second-order valence-corrected chi connectivity index (χ2v) is 6.94. The highest BCUT2D eigenvalue weighted by Crippen LogP contribution is 2.55. The number of nitrogens with one attached hydrogen (secondary N) is 1. The molecule has 4 fully saturated rings. The van der Waals surface area contributed by atoms with Gasteiger partial charge in [0.1, 0.15) is 0 Å². The maximum absolute atomic E-state index is 12.2. The molecule has 4 nitrogen and oxygen atoms in total. The molecule has 1 amide bonds. The van der Waals surface area contributed by atoms with E-state index in [1.165, 1.54) is 26.2 Å². The van der Waals surface area contributed by atoms with Crippen molar-refractivity contribution in [2.75, 3.05) is 0 Å². The Morgan fingerprint density at radius 1 is 1.11 bits per heavy atom. The predicted molar refractivity (Wildman–Crippen MR) is 70.3 cm³/mol. The van der Waals surface area contributed by atoms with E-state index in [4.69, 9.17) is 4.74 Å². The van der Waals surface area contributed by atoms with Gasteiger partial charge in [0.25, 0.3) is 5.91 Å². The highest BCUT2D eigenvalue weighted by atomic mass is 16.5. The molecule has 0 heterocycles. The van der Waals surface area contributed by atoms with E-state index >= 15 is 0 Å². The number of hydrogen-bond donors (Lipinski definition) is 1. The summed E-state index contributed by atoms with van der Waals surface area (Å²) in [5.41, 5.74) is 0.000240. The molecule has 4 saturated carbocycles. The zero-order chi connectivity index (χ0) is 13.6. The van der Waals surface area contributed by atoms with Gasteiger partial charge in [-0.05, 0) is 63.2 Å². The van der Waals surface area contributed by atoms with Crippen molar-refractivity contribution < 1.29 is 14.3 Å². The molecule has 4 heteroatoms. The van der Waals surface area contributed by atoms with Gasteiger partial charge in [0.05, 0.1) is 0 Å². The number of esters is 1. The van der Waals surface area contributed by atoms with Crippen LogP contribution in [0.4, 0.5) is 0 Å². The van der Waals surface area contributed by atoms with Crippen LogP contribution in [0.3, 0.4) is 0 Å². The molecule has 0 aromatic heterocycles. The van der Waals surface area contributed by atoms with Gasteiger partial charge in [-0.3, -0.25) is 9.59 Å². The van der Waals surface area contributed by atoms with Crippen LogP contribution in [0.1, 0.15) is 52.4 Å². The van der Waals surface area contributed by atoms with E-state index in [1.54, 1.807) is 6.92 Å². The van der Waals surface area contributed by atoms with E-state index in [0.29, 0.717) is 0 Å². The third-order valence-corrected chi connectivity index (χ3v) is 5.14. The molecule has 0 radical (unpaired) electrons. The minimum atomic E-state index is -0.675. The van der Waals surface area contributed by atoms with Gasteiger partial charge >= 0.3 is 5.97 Å². The van der Waals surface area contributed by atoms with Crippen molar-refractivity contribution in [3.8, 4) is 0 Å². The van der Waals surface area contributed by atoms with Crippen LogP contribution in [0.25, 0.3) is 0 Å². The third-order valence-electron chi connectivity index (χ3n) is 5.14. The topological polar surface area (TPSA) is 55.4 Å². The Morgan fingerprint density at radius 3 is 2.00 bits per heavy atom. The number of ether oxygens (including phenoxy) is 1. The minimum Gasteiger partial charge on any atom is -0.453 e. The molecular formula is C15H23NO3. The number of carbonyl (C=O) groups excluding carboxylic acids is 2. The minimum absolute atomic E-state index is 0.000240. The fourth-order valence-corrected chi connectivity index (χ4v) is 4.93. The lowest BCUT2D eigenvalue weighted by atomic mass is 9.53. The van der Waals surface area contributed by atoms with Crippen molar-refractivity contribution >= 4 is 11.9 Å². The maximum Gasteiger partial charge on any atom is 0.303 e. The van der Waals surface area contributed by atoms with Gasteiger partial charge in [-0.1, -0.05) is 0 Å². The zero-order valence-corrected chi connectivity index (χ0v) is 11.8. The molecule has 19 heavy (non-hydrogen) atoms. The Kier molecular flexibility index (Phi) is 3.06. The largest absolute Gasteiger partial charge is 0.453 e. The maximum atomic E-state index is 12.2. The molecule has 0 spiro atoms. The average Bonchev–Trinajstić information content (AvgIpc) is 2.24. The second-order valence-electron chi connectivity index (χ2n) is 6.94. The van der Waals surface area contributed by atoms with Crippen LogP contribution < -0.4 is 5.32 Å². The second kappa shape index (κ2) is 4.50. The number of rotatable bonds is 3. The first-order chi connectivity index (χ1) is 8.96. The molecule has 4 aliphatic carbocycles. The zero-order valence-electron chi connectivity index (χ0n) is 11.8.